The van der Waals surface area contributed by atoms with Crippen LogP contribution in [0.2, 0.25) is 0 Å². The molecule has 0 bridgehead atoms. The van der Waals surface area contributed by atoms with E-state index in [-0.39, 0.29) is 18.0 Å². The number of hydrogen-bond acceptors (Lipinski definition) is 2. The minimum absolute atomic E-state index is 0.0187. The van der Waals surface area contributed by atoms with Gasteiger partial charge < -0.3 is 10.6 Å². The molecule has 0 aliphatic rings. The van der Waals surface area contributed by atoms with Gasteiger partial charge in [-0.25, -0.2) is 0 Å². The zero-order chi connectivity index (χ0) is 11.2. The maximum atomic E-state index is 11.4. The summed E-state index contributed by atoms with van der Waals surface area (Å²) in [4.78, 5) is 11.4. The first-order valence-corrected chi connectivity index (χ1v) is 5.10. The second-order valence-corrected chi connectivity index (χ2v) is 4.44. The van der Waals surface area contributed by atoms with Gasteiger partial charge in [0.2, 0.25) is 5.91 Å². The van der Waals surface area contributed by atoms with Crippen molar-refractivity contribution < 1.29 is 4.79 Å². The quantitative estimate of drug-likeness (QED) is 0.712. The third-order valence-corrected chi connectivity index (χ3v) is 2.10. The van der Waals surface area contributed by atoms with Gasteiger partial charge in [0, 0.05) is 17.1 Å². The first-order valence-electron chi connectivity index (χ1n) is 4.72. The third kappa shape index (κ3) is 6.92. The van der Waals surface area contributed by atoms with Gasteiger partial charge >= 0.3 is 0 Å². The van der Waals surface area contributed by atoms with Crippen LogP contribution in [0.25, 0.3) is 0 Å². The van der Waals surface area contributed by atoms with Crippen LogP contribution in [0, 0.1) is 0 Å². The molecule has 0 saturated carbocycles. The van der Waals surface area contributed by atoms with Crippen molar-refractivity contribution in [2.24, 2.45) is 0 Å². The van der Waals surface area contributed by atoms with Crippen molar-refractivity contribution in [1.29, 1.82) is 0 Å². The molecule has 0 aliphatic heterocycles. The standard InChI is InChI=1S/C10H19ClN2O/c1-5-10(3,4)13-9(14)7-12-6-8(2)11/h12H,2,5-7H2,1,3-4H3,(H,13,14). The number of nitrogens with one attached hydrogen (secondary N) is 2. The molecule has 0 spiro atoms. The van der Waals surface area contributed by atoms with E-state index in [1.807, 2.05) is 20.8 Å². The number of halogens is 1. The Morgan fingerprint density at radius 3 is 2.43 bits per heavy atom. The van der Waals surface area contributed by atoms with Gasteiger partial charge in [-0.15, -0.1) is 0 Å². The van der Waals surface area contributed by atoms with E-state index >= 15 is 0 Å². The predicted octanol–water partition coefficient (Wildman–Crippen LogP) is 1.63. The first kappa shape index (κ1) is 13.5. The molecule has 0 rings (SSSR count). The highest BCUT2D eigenvalue weighted by Gasteiger charge is 2.16. The van der Waals surface area contributed by atoms with Crippen molar-refractivity contribution in [2.45, 2.75) is 32.7 Å². The maximum Gasteiger partial charge on any atom is 0.234 e. The highest BCUT2D eigenvalue weighted by molar-refractivity contribution is 6.29. The summed E-state index contributed by atoms with van der Waals surface area (Å²) in [6.07, 6.45) is 0.904. The van der Waals surface area contributed by atoms with E-state index in [4.69, 9.17) is 11.6 Å². The monoisotopic (exact) mass is 218 g/mol. The lowest BCUT2D eigenvalue weighted by Crippen LogP contribution is -2.46. The second kappa shape index (κ2) is 6.04. The van der Waals surface area contributed by atoms with Crippen LogP contribution in [-0.4, -0.2) is 24.5 Å². The second-order valence-electron chi connectivity index (χ2n) is 3.91. The fraction of sp³-hybridized carbons (Fsp3) is 0.700. The molecule has 0 fully saturated rings. The minimum Gasteiger partial charge on any atom is -0.350 e. The van der Waals surface area contributed by atoms with Gasteiger partial charge in [0.15, 0.2) is 0 Å². The molecule has 0 radical (unpaired) electrons. The predicted molar refractivity (Wildman–Crippen MR) is 60.4 cm³/mol. The Kier molecular flexibility index (Phi) is 5.81. The Morgan fingerprint density at radius 2 is 2.00 bits per heavy atom. The molecule has 1 amide bonds. The van der Waals surface area contributed by atoms with E-state index < -0.39 is 0 Å². The fourth-order valence-electron chi connectivity index (χ4n) is 0.822. The number of hydrogen-bond donors (Lipinski definition) is 2. The first-order chi connectivity index (χ1) is 6.37. The van der Waals surface area contributed by atoms with Crippen molar-refractivity contribution in [3.8, 4) is 0 Å². The molecule has 4 heteroatoms. The lowest BCUT2D eigenvalue weighted by Gasteiger charge is -2.24. The summed E-state index contributed by atoms with van der Waals surface area (Å²) in [5.74, 6) is -0.0187. The van der Waals surface area contributed by atoms with Crippen LogP contribution in [0.15, 0.2) is 11.6 Å². The fourth-order valence-corrected chi connectivity index (χ4v) is 0.916. The Labute approximate surface area is 90.9 Å². The molecule has 0 unspecified atom stereocenters. The smallest absolute Gasteiger partial charge is 0.234 e. The van der Waals surface area contributed by atoms with Crippen LogP contribution < -0.4 is 10.6 Å². The van der Waals surface area contributed by atoms with Crippen molar-refractivity contribution in [2.75, 3.05) is 13.1 Å². The van der Waals surface area contributed by atoms with E-state index in [0.29, 0.717) is 11.6 Å². The molecule has 2 N–H and O–H groups in total. The SMILES string of the molecule is C=C(Cl)CNCC(=O)NC(C)(C)CC. The molecule has 0 aromatic carbocycles. The van der Waals surface area contributed by atoms with Crippen LogP contribution >= 0.6 is 11.6 Å². The zero-order valence-corrected chi connectivity index (χ0v) is 9.87. The summed E-state index contributed by atoms with van der Waals surface area (Å²) in [5.41, 5.74) is -0.142. The summed E-state index contributed by atoms with van der Waals surface area (Å²) in [5, 5.41) is 6.30. The zero-order valence-electron chi connectivity index (χ0n) is 9.11. The van der Waals surface area contributed by atoms with E-state index in [0.717, 1.165) is 6.42 Å². The van der Waals surface area contributed by atoms with Crippen molar-refractivity contribution in [1.82, 2.24) is 10.6 Å². The summed E-state index contributed by atoms with van der Waals surface area (Å²) >= 11 is 5.53. The molecular weight excluding hydrogens is 200 g/mol. The molecule has 0 heterocycles. The van der Waals surface area contributed by atoms with Crippen molar-refractivity contribution >= 4 is 17.5 Å². The highest BCUT2D eigenvalue weighted by atomic mass is 35.5. The molecule has 0 saturated heterocycles. The number of carbonyl (C=O) groups is 1. The Bertz CT molecular complexity index is 214. The van der Waals surface area contributed by atoms with E-state index in [1.54, 1.807) is 0 Å². The molecule has 82 valence electrons. The van der Waals surface area contributed by atoms with Crippen LogP contribution in [0.5, 0.6) is 0 Å². The summed E-state index contributed by atoms with van der Waals surface area (Å²) in [6.45, 7) is 10.3. The van der Waals surface area contributed by atoms with Gasteiger partial charge in [0.25, 0.3) is 0 Å². The summed E-state index contributed by atoms with van der Waals surface area (Å²) in [7, 11) is 0. The molecule has 0 atom stereocenters. The molecule has 0 aromatic heterocycles. The molecule has 14 heavy (non-hydrogen) atoms. The van der Waals surface area contributed by atoms with Crippen molar-refractivity contribution in [3.05, 3.63) is 11.6 Å². The van der Waals surface area contributed by atoms with Crippen molar-refractivity contribution in [3.63, 3.8) is 0 Å². The minimum atomic E-state index is -0.142. The lowest BCUT2D eigenvalue weighted by atomic mass is 10.0. The third-order valence-electron chi connectivity index (χ3n) is 1.96. The highest BCUT2D eigenvalue weighted by Crippen LogP contribution is 2.05. The van der Waals surface area contributed by atoms with Gasteiger partial charge in [0.1, 0.15) is 0 Å². The van der Waals surface area contributed by atoms with Crippen LogP contribution in [-0.2, 0) is 4.79 Å². The molecule has 0 aliphatic carbocycles. The van der Waals surface area contributed by atoms with Gasteiger partial charge in [-0.3, -0.25) is 4.79 Å². The average Bonchev–Trinajstić information content (AvgIpc) is 2.02. The van der Waals surface area contributed by atoms with Crippen LogP contribution in [0.3, 0.4) is 0 Å². The van der Waals surface area contributed by atoms with E-state index in [2.05, 4.69) is 17.2 Å². The molecule has 0 aromatic rings. The topological polar surface area (TPSA) is 41.1 Å². The lowest BCUT2D eigenvalue weighted by molar-refractivity contribution is -0.121. The average molecular weight is 219 g/mol. The number of amides is 1. The van der Waals surface area contributed by atoms with Gasteiger partial charge in [-0.2, -0.15) is 0 Å². The maximum absolute atomic E-state index is 11.4. The molecular formula is C10H19ClN2O. The Hall–Kier alpha value is -0.540. The van der Waals surface area contributed by atoms with Gasteiger partial charge in [-0.05, 0) is 20.3 Å². The summed E-state index contributed by atoms with van der Waals surface area (Å²) < 4.78 is 0. The number of rotatable bonds is 6. The normalized spacial score (nSPS) is 11.1. The number of carbonyl (C=O) groups excluding carboxylic acids is 1. The van der Waals surface area contributed by atoms with E-state index in [1.165, 1.54) is 0 Å². The Morgan fingerprint density at radius 1 is 1.43 bits per heavy atom. The Balaban J connectivity index is 3.71. The van der Waals surface area contributed by atoms with Gasteiger partial charge in [0.05, 0.1) is 6.54 Å². The van der Waals surface area contributed by atoms with Crippen LogP contribution in [0.4, 0.5) is 0 Å². The van der Waals surface area contributed by atoms with Gasteiger partial charge in [-0.1, -0.05) is 25.1 Å². The van der Waals surface area contributed by atoms with Crippen LogP contribution in [0.1, 0.15) is 27.2 Å². The summed E-state index contributed by atoms with van der Waals surface area (Å²) in [6, 6.07) is 0. The largest absolute Gasteiger partial charge is 0.350 e. The molecule has 3 nitrogen and oxygen atoms in total. The van der Waals surface area contributed by atoms with E-state index in [9.17, 15) is 4.79 Å².